The van der Waals surface area contributed by atoms with Gasteiger partial charge in [-0.25, -0.2) is 0 Å². The van der Waals surface area contributed by atoms with Gasteiger partial charge in [0.05, 0.1) is 6.20 Å². The molecule has 134 valence electrons. The van der Waals surface area contributed by atoms with Gasteiger partial charge in [0.1, 0.15) is 0 Å². The molecule has 1 aromatic rings. The third-order valence-electron chi connectivity index (χ3n) is 3.65. The van der Waals surface area contributed by atoms with Crippen molar-refractivity contribution in [3.8, 4) is 0 Å². The van der Waals surface area contributed by atoms with Gasteiger partial charge in [-0.05, 0) is 32.3 Å². The molecule has 0 aliphatic carbocycles. The summed E-state index contributed by atoms with van der Waals surface area (Å²) in [4.78, 5) is 4.66. The molecule has 0 radical (unpaired) electrons. The lowest BCUT2D eigenvalue weighted by molar-refractivity contribution is 0.537. The number of halogens is 1. The third kappa shape index (κ3) is 10.6. The van der Waals surface area contributed by atoms with Gasteiger partial charge in [0.15, 0.2) is 5.96 Å². The molecule has 1 heterocycles. The van der Waals surface area contributed by atoms with Crippen LogP contribution in [0, 0.1) is 0 Å². The Balaban J connectivity index is 0.00000484. The Bertz CT molecular complexity index is 430. The number of aryl methyl sites for hydroxylation is 1. The molecule has 1 aromatic heterocycles. The van der Waals surface area contributed by atoms with E-state index in [0.29, 0.717) is 6.04 Å². The molecule has 0 saturated carbocycles. The van der Waals surface area contributed by atoms with Crippen molar-refractivity contribution in [2.24, 2.45) is 12.0 Å². The second kappa shape index (κ2) is 13.6. The summed E-state index contributed by atoms with van der Waals surface area (Å²) in [5.74, 6) is 0.925. The highest BCUT2D eigenvalue weighted by atomic mass is 127. The molecule has 0 spiro atoms. The standard InChI is InChI=1S/C17H33N5.HI/c1-5-7-8-9-10-15(3)21-17(18-6-2)19-12-11-16-13-20-22(4)14-16;/h13-15H,5-12H2,1-4H3,(H2,18,19,21);1H. The number of nitrogens with zero attached hydrogens (tertiary/aromatic N) is 3. The Morgan fingerprint density at radius 1 is 1.30 bits per heavy atom. The predicted molar refractivity (Wildman–Crippen MR) is 110 cm³/mol. The van der Waals surface area contributed by atoms with Crippen molar-refractivity contribution in [3.05, 3.63) is 18.0 Å². The SMILES string of the molecule is CCCCCCC(C)NC(=NCCc1cnn(C)c1)NCC.I. The van der Waals surface area contributed by atoms with Gasteiger partial charge in [0, 0.05) is 32.4 Å². The Morgan fingerprint density at radius 2 is 2.09 bits per heavy atom. The highest BCUT2D eigenvalue weighted by molar-refractivity contribution is 14.0. The summed E-state index contributed by atoms with van der Waals surface area (Å²) in [6.07, 6.45) is 11.3. The van der Waals surface area contributed by atoms with Crippen molar-refractivity contribution < 1.29 is 0 Å². The van der Waals surface area contributed by atoms with Crippen molar-refractivity contribution in [2.75, 3.05) is 13.1 Å². The molecule has 1 atom stereocenters. The third-order valence-corrected chi connectivity index (χ3v) is 3.65. The van der Waals surface area contributed by atoms with Gasteiger partial charge in [-0.2, -0.15) is 5.10 Å². The first-order chi connectivity index (χ1) is 10.7. The van der Waals surface area contributed by atoms with Crippen molar-refractivity contribution >= 4 is 29.9 Å². The van der Waals surface area contributed by atoms with E-state index >= 15 is 0 Å². The molecule has 1 rings (SSSR count). The lowest BCUT2D eigenvalue weighted by Gasteiger charge is -2.17. The molecule has 0 saturated heterocycles. The fourth-order valence-electron chi connectivity index (χ4n) is 2.40. The van der Waals surface area contributed by atoms with Crippen LogP contribution in [-0.2, 0) is 13.5 Å². The van der Waals surface area contributed by atoms with Crippen molar-refractivity contribution in [2.45, 2.75) is 65.3 Å². The minimum Gasteiger partial charge on any atom is -0.357 e. The lowest BCUT2D eigenvalue weighted by Crippen LogP contribution is -2.42. The fourth-order valence-corrected chi connectivity index (χ4v) is 2.40. The average Bonchev–Trinajstić information content (AvgIpc) is 2.89. The minimum absolute atomic E-state index is 0. The second-order valence-corrected chi connectivity index (χ2v) is 5.93. The number of guanidine groups is 1. The number of unbranched alkanes of at least 4 members (excludes halogenated alkanes) is 3. The summed E-state index contributed by atoms with van der Waals surface area (Å²) in [5, 5.41) is 11.0. The monoisotopic (exact) mass is 435 g/mol. The van der Waals surface area contributed by atoms with Crippen molar-refractivity contribution in [3.63, 3.8) is 0 Å². The van der Waals surface area contributed by atoms with Gasteiger partial charge >= 0.3 is 0 Å². The number of hydrogen-bond acceptors (Lipinski definition) is 2. The summed E-state index contributed by atoms with van der Waals surface area (Å²) < 4.78 is 1.83. The molecule has 1 unspecified atom stereocenters. The largest absolute Gasteiger partial charge is 0.357 e. The molecule has 0 fully saturated rings. The topological polar surface area (TPSA) is 54.2 Å². The van der Waals surface area contributed by atoms with Crippen LogP contribution < -0.4 is 10.6 Å². The van der Waals surface area contributed by atoms with Crippen LogP contribution >= 0.6 is 24.0 Å². The quantitative estimate of drug-likeness (QED) is 0.256. The molecule has 0 aliphatic rings. The Kier molecular flexibility index (Phi) is 13.2. The Hall–Kier alpha value is -0.790. The molecule has 0 aliphatic heterocycles. The zero-order valence-corrected chi connectivity index (χ0v) is 17.5. The van der Waals surface area contributed by atoms with Gasteiger partial charge < -0.3 is 10.6 Å². The number of hydrogen-bond donors (Lipinski definition) is 2. The first kappa shape index (κ1) is 22.2. The number of nitrogens with one attached hydrogen (secondary N) is 2. The predicted octanol–water partition coefficient (Wildman–Crippen LogP) is 3.49. The lowest BCUT2D eigenvalue weighted by atomic mass is 10.1. The molecule has 23 heavy (non-hydrogen) atoms. The van der Waals surface area contributed by atoms with Crippen LogP contribution in [0.4, 0.5) is 0 Å². The maximum Gasteiger partial charge on any atom is 0.191 e. The maximum absolute atomic E-state index is 4.66. The summed E-state index contributed by atoms with van der Waals surface area (Å²) in [5.41, 5.74) is 1.23. The molecule has 5 nitrogen and oxygen atoms in total. The van der Waals surface area contributed by atoms with E-state index in [1.807, 2.05) is 24.1 Å². The van der Waals surface area contributed by atoms with E-state index in [4.69, 9.17) is 0 Å². The molecular weight excluding hydrogens is 401 g/mol. The molecule has 6 heteroatoms. The molecule has 0 bridgehead atoms. The number of aliphatic imine (C=N–C) groups is 1. The van der Waals surface area contributed by atoms with Crippen LogP contribution in [0.25, 0.3) is 0 Å². The normalized spacial score (nSPS) is 12.6. The Labute approximate surface area is 158 Å². The van der Waals surface area contributed by atoms with Crippen LogP contribution in [0.3, 0.4) is 0 Å². The highest BCUT2D eigenvalue weighted by Crippen LogP contribution is 2.05. The van der Waals surface area contributed by atoms with Gasteiger partial charge in [-0.15, -0.1) is 24.0 Å². The maximum atomic E-state index is 4.66. The van der Waals surface area contributed by atoms with Gasteiger partial charge in [0.2, 0.25) is 0 Å². The Morgan fingerprint density at radius 3 is 2.70 bits per heavy atom. The smallest absolute Gasteiger partial charge is 0.191 e. The van der Waals surface area contributed by atoms with Crippen molar-refractivity contribution in [1.82, 2.24) is 20.4 Å². The number of aromatic nitrogens is 2. The van der Waals surface area contributed by atoms with Gasteiger partial charge in [-0.3, -0.25) is 9.67 Å². The van der Waals surface area contributed by atoms with Crippen molar-refractivity contribution in [1.29, 1.82) is 0 Å². The van der Waals surface area contributed by atoms with E-state index < -0.39 is 0 Å². The van der Waals surface area contributed by atoms with E-state index in [1.165, 1.54) is 37.7 Å². The van der Waals surface area contributed by atoms with E-state index in [2.05, 4.69) is 41.5 Å². The number of rotatable bonds is 10. The van der Waals surface area contributed by atoms with E-state index in [-0.39, 0.29) is 24.0 Å². The molecule has 2 N–H and O–H groups in total. The summed E-state index contributed by atoms with van der Waals surface area (Å²) in [7, 11) is 1.94. The summed E-state index contributed by atoms with van der Waals surface area (Å²) in [6, 6.07) is 0.466. The average molecular weight is 435 g/mol. The van der Waals surface area contributed by atoms with Crippen LogP contribution in [0.2, 0.25) is 0 Å². The minimum atomic E-state index is 0. The molecule has 0 aromatic carbocycles. The van der Waals surface area contributed by atoms with E-state index in [0.717, 1.165) is 25.5 Å². The zero-order valence-electron chi connectivity index (χ0n) is 15.1. The van der Waals surface area contributed by atoms with Crippen LogP contribution in [0.5, 0.6) is 0 Å². The van der Waals surface area contributed by atoms with Crippen LogP contribution in [0.15, 0.2) is 17.4 Å². The second-order valence-electron chi connectivity index (χ2n) is 5.93. The van der Waals surface area contributed by atoms with E-state index in [9.17, 15) is 0 Å². The zero-order chi connectivity index (χ0) is 16.2. The molecule has 0 amide bonds. The van der Waals surface area contributed by atoms with Crippen LogP contribution in [0.1, 0.15) is 58.4 Å². The first-order valence-electron chi connectivity index (χ1n) is 8.68. The van der Waals surface area contributed by atoms with Gasteiger partial charge in [-0.1, -0.05) is 32.6 Å². The van der Waals surface area contributed by atoms with Gasteiger partial charge in [0.25, 0.3) is 0 Å². The summed E-state index contributed by atoms with van der Waals surface area (Å²) >= 11 is 0. The fraction of sp³-hybridized carbons (Fsp3) is 0.765. The molecular formula is C17H34IN5. The van der Waals surface area contributed by atoms with Crippen LogP contribution in [-0.4, -0.2) is 34.9 Å². The highest BCUT2D eigenvalue weighted by Gasteiger charge is 2.05. The van der Waals surface area contributed by atoms with E-state index in [1.54, 1.807) is 0 Å². The first-order valence-corrected chi connectivity index (χ1v) is 8.68. The summed E-state index contributed by atoms with van der Waals surface area (Å²) in [6.45, 7) is 8.26.